The molecular formula is C30H24N4O. The summed E-state index contributed by atoms with van der Waals surface area (Å²) in [6.07, 6.45) is 7.88. The summed E-state index contributed by atoms with van der Waals surface area (Å²) in [6.45, 7) is 0.927. The summed E-state index contributed by atoms with van der Waals surface area (Å²) in [5, 5.41) is 13.4. The molecule has 1 heterocycles. The number of nitrogens with zero attached hydrogens (tertiary/aromatic N) is 4. The number of rotatable bonds is 7. The van der Waals surface area contributed by atoms with Gasteiger partial charge in [0.05, 0.1) is 24.5 Å². The normalized spacial score (nSPS) is 12.9. The zero-order valence-corrected chi connectivity index (χ0v) is 19.3. The van der Waals surface area contributed by atoms with Crippen molar-refractivity contribution in [2.45, 2.75) is 26.0 Å². The molecule has 1 aliphatic carbocycles. The molecule has 0 aliphatic heterocycles. The van der Waals surface area contributed by atoms with Gasteiger partial charge in [0, 0.05) is 29.4 Å². The van der Waals surface area contributed by atoms with E-state index < -0.39 is 0 Å². The van der Waals surface area contributed by atoms with Crippen molar-refractivity contribution in [3.05, 3.63) is 114 Å². The summed E-state index contributed by atoms with van der Waals surface area (Å²) in [5.41, 5.74) is 6.68. The van der Waals surface area contributed by atoms with Crippen molar-refractivity contribution in [1.29, 1.82) is 5.26 Å². The third-order valence-electron chi connectivity index (χ3n) is 5.81. The predicted molar refractivity (Wildman–Crippen MR) is 136 cm³/mol. The van der Waals surface area contributed by atoms with E-state index >= 15 is 0 Å². The Morgan fingerprint density at radius 3 is 2.26 bits per heavy atom. The van der Waals surface area contributed by atoms with Gasteiger partial charge >= 0.3 is 0 Å². The molecule has 4 aromatic rings. The standard InChI is InChI=1S/C30H24N4O/c31-19-25-7-11-27(12-8-25)28-13-9-26(10-14-28)21-35-33-30(20-34-18-17-32-22-34)29-15-5-24(6-16-29)4-3-23-1-2-23/h5-18,22-23H,1-2,20-21H2. The first-order valence-electron chi connectivity index (χ1n) is 11.6. The Balaban J connectivity index is 1.27. The monoisotopic (exact) mass is 456 g/mol. The van der Waals surface area contributed by atoms with E-state index in [9.17, 15) is 0 Å². The molecule has 5 rings (SSSR count). The molecule has 0 saturated heterocycles. The minimum Gasteiger partial charge on any atom is -0.391 e. The molecule has 5 nitrogen and oxygen atoms in total. The lowest BCUT2D eigenvalue weighted by molar-refractivity contribution is 0.130. The highest BCUT2D eigenvalue weighted by atomic mass is 16.6. The van der Waals surface area contributed by atoms with Gasteiger partial charge in [-0.1, -0.05) is 65.5 Å². The van der Waals surface area contributed by atoms with Crippen LogP contribution < -0.4 is 0 Å². The third kappa shape index (κ3) is 6.05. The summed E-state index contributed by atoms with van der Waals surface area (Å²) in [4.78, 5) is 9.90. The maximum absolute atomic E-state index is 8.97. The van der Waals surface area contributed by atoms with Crippen LogP contribution >= 0.6 is 0 Å². The number of hydrogen-bond acceptors (Lipinski definition) is 4. The van der Waals surface area contributed by atoms with E-state index in [-0.39, 0.29) is 0 Å². The van der Waals surface area contributed by atoms with Crippen LogP contribution in [0.3, 0.4) is 0 Å². The second kappa shape index (κ2) is 10.5. The van der Waals surface area contributed by atoms with Crippen molar-refractivity contribution < 1.29 is 4.84 Å². The fourth-order valence-electron chi connectivity index (χ4n) is 3.60. The van der Waals surface area contributed by atoms with E-state index in [1.54, 1.807) is 12.5 Å². The highest BCUT2D eigenvalue weighted by molar-refractivity contribution is 6.00. The maximum Gasteiger partial charge on any atom is 0.142 e. The Kier molecular flexibility index (Phi) is 6.69. The highest BCUT2D eigenvalue weighted by Crippen LogP contribution is 2.27. The number of hydrogen-bond donors (Lipinski definition) is 0. The van der Waals surface area contributed by atoms with E-state index in [1.807, 2.05) is 71.4 Å². The van der Waals surface area contributed by atoms with E-state index in [4.69, 9.17) is 10.1 Å². The number of aromatic nitrogens is 2. The maximum atomic E-state index is 8.97. The van der Waals surface area contributed by atoms with Gasteiger partial charge in [-0.15, -0.1) is 0 Å². The molecule has 0 spiro atoms. The van der Waals surface area contributed by atoms with Crippen molar-refractivity contribution >= 4 is 5.71 Å². The van der Waals surface area contributed by atoms with Crippen molar-refractivity contribution in [3.63, 3.8) is 0 Å². The Hall–Kier alpha value is -4.61. The van der Waals surface area contributed by atoms with E-state index in [0.717, 1.165) is 33.5 Å². The zero-order valence-electron chi connectivity index (χ0n) is 19.3. The quantitative estimate of drug-likeness (QED) is 0.200. The summed E-state index contributed by atoms with van der Waals surface area (Å²) in [6, 6.07) is 26.1. The van der Waals surface area contributed by atoms with Gasteiger partial charge < -0.3 is 9.40 Å². The second-order valence-corrected chi connectivity index (χ2v) is 8.55. The SMILES string of the molecule is N#Cc1ccc(-c2ccc(CON=C(Cn3ccnc3)c3ccc(C#CC4CC4)cc3)cc2)cc1. The zero-order chi connectivity index (χ0) is 23.9. The summed E-state index contributed by atoms with van der Waals surface area (Å²) in [7, 11) is 0. The molecule has 1 aliphatic rings. The lowest BCUT2D eigenvalue weighted by atomic mass is 10.0. The largest absolute Gasteiger partial charge is 0.391 e. The van der Waals surface area contributed by atoms with Crippen LogP contribution in [0.2, 0.25) is 0 Å². The van der Waals surface area contributed by atoms with Gasteiger partial charge in [0.15, 0.2) is 0 Å². The molecule has 0 bridgehead atoms. The van der Waals surface area contributed by atoms with E-state index in [0.29, 0.717) is 24.6 Å². The average Bonchev–Trinajstić information content (AvgIpc) is 3.61. The Labute approximate surface area is 205 Å². The average molecular weight is 457 g/mol. The molecule has 0 unspecified atom stereocenters. The van der Waals surface area contributed by atoms with Crippen molar-refractivity contribution in [1.82, 2.24) is 9.55 Å². The fourth-order valence-corrected chi connectivity index (χ4v) is 3.60. The molecular weight excluding hydrogens is 432 g/mol. The highest BCUT2D eigenvalue weighted by Gasteiger charge is 2.17. The first kappa shape index (κ1) is 22.2. The van der Waals surface area contributed by atoms with Crippen LogP contribution in [0.4, 0.5) is 0 Å². The van der Waals surface area contributed by atoms with Crippen molar-refractivity contribution in [2.75, 3.05) is 0 Å². The van der Waals surface area contributed by atoms with Gasteiger partial charge in [0.25, 0.3) is 0 Å². The van der Waals surface area contributed by atoms with Gasteiger partial charge in [-0.3, -0.25) is 0 Å². The second-order valence-electron chi connectivity index (χ2n) is 8.55. The van der Waals surface area contributed by atoms with Crippen LogP contribution in [0.25, 0.3) is 11.1 Å². The summed E-state index contributed by atoms with van der Waals surface area (Å²) < 4.78 is 1.97. The van der Waals surface area contributed by atoms with Gasteiger partial charge in [0.2, 0.25) is 0 Å². The van der Waals surface area contributed by atoms with Gasteiger partial charge in [-0.2, -0.15) is 5.26 Å². The molecule has 1 aromatic heterocycles. The lowest BCUT2D eigenvalue weighted by Crippen LogP contribution is -2.11. The molecule has 0 radical (unpaired) electrons. The minimum atomic E-state index is 0.367. The first-order chi connectivity index (χ1) is 17.3. The van der Waals surface area contributed by atoms with E-state index in [1.165, 1.54) is 12.8 Å². The van der Waals surface area contributed by atoms with Crippen LogP contribution in [0.15, 0.2) is 96.7 Å². The molecule has 1 fully saturated rings. The smallest absolute Gasteiger partial charge is 0.142 e. The lowest BCUT2D eigenvalue weighted by Gasteiger charge is -2.09. The van der Waals surface area contributed by atoms with Gasteiger partial charge in [-0.05, 0) is 53.8 Å². The summed E-state index contributed by atoms with van der Waals surface area (Å²) >= 11 is 0. The molecule has 0 amide bonds. The molecule has 1 saturated carbocycles. The number of benzene rings is 3. The van der Waals surface area contributed by atoms with Crippen LogP contribution in [0, 0.1) is 29.1 Å². The third-order valence-corrected chi connectivity index (χ3v) is 5.81. The molecule has 5 heteroatoms. The molecule has 35 heavy (non-hydrogen) atoms. The van der Waals surface area contributed by atoms with Crippen LogP contribution in [-0.2, 0) is 18.0 Å². The van der Waals surface area contributed by atoms with Gasteiger partial charge in [-0.25, -0.2) is 4.98 Å². The molecule has 0 N–H and O–H groups in total. The molecule has 0 atom stereocenters. The van der Waals surface area contributed by atoms with Crippen LogP contribution in [0.1, 0.15) is 35.1 Å². The summed E-state index contributed by atoms with van der Waals surface area (Å²) in [5.74, 6) is 7.14. The predicted octanol–water partition coefficient (Wildman–Crippen LogP) is 5.80. The van der Waals surface area contributed by atoms with Gasteiger partial charge in [0.1, 0.15) is 12.3 Å². The Bertz CT molecular complexity index is 1400. The van der Waals surface area contributed by atoms with E-state index in [2.05, 4.69) is 40.2 Å². The molecule has 170 valence electrons. The Morgan fingerprint density at radius 1 is 0.943 bits per heavy atom. The Morgan fingerprint density at radius 2 is 1.63 bits per heavy atom. The first-order valence-corrected chi connectivity index (χ1v) is 11.6. The minimum absolute atomic E-state index is 0.367. The van der Waals surface area contributed by atoms with Crippen molar-refractivity contribution in [3.8, 4) is 29.0 Å². The number of imidazole rings is 1. The van der Waals surface area contributed by atoms with Crippen LogP contribution in [0.5, 0.6) is 0 Å². The van der Waals surface area contributed by atoms with Crippen molar-refractivity contribution in [2.24, 2.45) is 11.1 Å². The van der Waals surface area contributed by atoms with Crippen LogP contribution in [-0.4, -0.2) is 15.3 Å². The number of nitriles is 1. The fraction of sp³-hybridized carbons (Fsp3) is 0.167. The molecule has 3 aromatic carbocycles. The topological polar surface area (TPSA) is 63.2 Å². The number of oxime groups is 1.